The number of hydrogen-bond donors (Lipinski definition) is 2. The van der Waals surface area contributed by atoms with E-state index in [1.807, 2.05) is 0 Å². The third-order valence-electron chi connectivity index (χ3n) is 2.24. The Morgan fingerprint density at radius 1 is 1.06 bits per heavy atom. The molecule has 96 valence electrons. The van der Waals surface area contributed by atoms with Crippen molar-refractivity contribution in [3.05, 3.63) is 35.4 Å². The molecule has 3 N–H and O–H groups in total. The number of aliphatic hydroxyl groups excluding tert-OH is 1. The number of alkyl halides is 5. The smallest absolute Gasteiger partial charge is 0.387 e. The van der Waals surface area contributed by atoms with Crippen molar-refractivity contribution in [1.29, 1.82) is 0 Å². The SMILES string of the molecule is NC[C@@H](O)c1ccc(C(F)(F)C(F)(F)F)cc1. The molecule has 0 radical (unpaired) electrons. The first kappa shape index (κ1) is 13.9. The van der Waals surface area contributed by atoms with Crippen molar-refractivity contribution in [3.8, 4) is 0 Å². The highest BCUT2D eigenvalue weighted by atomic mass is 19.4. The highest BCUT2D eigenvalue weighted by molar-refractivity contribution is 5.28. The van der Waals surface area contributed by atoms with Crippen molar-refractivity contribution < 1.29 is 27.1 Å². The van der Waals surface area contributed by atoms with Gasteiger partial charge in [-0.25, -0.2) is 0 Å². The number of aliphatic hydroxyl groups is 1. The largest absolute Gasteiger partial charge is 0.458 e. The van der Waals surface area contributed by atoms with Crippen LogP contribution in [-0.2, 0) is 5.92 Å². The molecule has 0 aromatic heterocycles. The van der Waals surface area contributed by atoms with Crippen LogP contribution in [0, 0.1) is 0 Å². The van der Waals surface area contributed by atoms with Crippen LogP contribution >= 0.6 is 0 Å². The van der Waals surface area contributed by atoms with E-state index >= 15 is 0 Å². The molecule has 0 saturated carbocycles. The van der Waals surface area contributed by atoms with Gasteiger partial charge < -0.3 is 10.8 Å². The predicted octanol–water partition coefficient (Wildman–Crippen LogP) is 2.33. The molecule has 0 spiro atoms. The molecule has 17 heavy (non-hydrogen) atoms. The Bertz CT molecular complexity index is 373. The third kappa shape index (κ3) is 2.73. The molecule has 7 heteroatoms. The molecule has 0 aliphatic carbocycles. The fourth-order valence-electron chi connectivity index (χ4n) is 1.21. The molecule has 1 aromatic carbocycles. The second-order valence-corrected chi connectivity index (χ2v) is 3.45. The Labute approximate surface area is 93.9 Å². The van der Waals surface area contributed by atoms with Crippen molar-refractivity contribution in [2.45, 2.75) is 18.2 Å². The van der Waals surface area contributed by atoms with Gasteiger partial charge in [-0.05, 0) is 5.56 Å². The molecule has 0 amide bonds. The van der Waals surface area contributed by atoms with Gasteiger partial charge in [-0.3, -0.25) is 0 Å². The van der Waals surface area contributed by atoms with Crippen LogP contribution in [0.25, 0.3) is 0 Å². The highest BCUT2D eigenvalue weighted by Crippen LogP contribution is 2.43. The minimum atomic E-state index is -5.64. The van der Waals surface area contributed by atoms with E-state index in [-0.39, 0.29) is 12.1 Å². The molecule has 0 unspecified atom stereocenters. The number of benzene rings is 1. The maximum Gasteiger partial charge on any atom is 0.458 e. The van der Waals surface area contributed by atoms with E-state index in [1.54, 1.807) is 0 Å². The van der Waals surface area contributed by atoms with Crippen LogP contribution in [0.1, 0.15) is 17.2 Å². The number of nitrogens with two attached hydrogens (primary N) is 1. The summed E-state index contributed by atoms with van der Waals surface area (Å²) in [6, 6.07) is 3.24. The molecule has 0 aliphatic rings. The zero-order chi connectivity index (χ0) is 13.3. The lowest BCUT2D eigenvalue weighted by atomic mass is 10.0. The van der Waals surface area contributed by atoms with Gasteiger partial charge in [0.25, 0.3) is 0 Å². The van der Waals surface area contributed by atoms with Crippen LogP contribution < -0.4 is 5.73 Å². The van der Waals surface area contributed by atoms with Crippen molar-refractivity contribution >= 4 is 0 Å². The molecule has 0 saturated heterocycles. The summed E-state index contributed by atoms with van der Waals surface area (Å²) >= 11 is 0. The molecule has 1 atom stereocenters. The summed E-state index contributed by atoms with van der Waals surface area (Å²) in [7, 11) is 0. The molecule has 2 nitrogen and oxygen atoms in total. The molecular weight excluding hydrogens is 245 g/mol. The van der Waals surface area contributed by atoms with E-state index < -0.39 is 23.8 Å². The topological polar surface area (TPSA) is 46.2 Å². The summed E-state index contributed by atoms with van der Waals surface area (Å²) in [4.78, 5) is 0. The standard InChI is InChI=1S/C10H10F5NO/c11-9(12,10(13,14)15)7-3-1-6(2-4-7)8(17)5-16/h1-4,8,17H,5,16H2/t8-/m1/s1. The van der Waals surface area contributed by atoms with Crippen LogP contribution in [-0.4, -0.2) is 17.8 Å². The van der Waals surface area contributed by atoms with Gasteiger partial charge in [0.15, 0.2) is 0 Å². The average molecular weight is 255 g/mol. The van der Waals surface area contributed by atoms with Gasteiger partial charge in [-0.2, -0.15) is 22.0 Å². The van der Waals surface area contributed by atoms with E-state index in [9.17, 15) is 27.1 Å². The summed E-state index contributed by atoms with van der Waals surface area (Å²) in [6.45, 7) is -0.144. The first-order valence-electron chi connectivity index (χ1n) is 4.63. The molecule has 0 heterocycles. The second-order valence-electron chi connectivity index (χ2n) is 3.45. The van der Waals surface area contributed by atoms with Gasteiger partial charge in [0.2, 0.25) is 0 Å². The summed E-state index contributed by atoms with van der Waals surface area (Å²) in [6.07, 6.45) is -6.72. The van der Waals surface area contributed by atoms with Gasteiger partial charge in [-0.15, -0.1) is 0 Å². The lowest BCUT2D eigenvalue weighted by Gasteiger charge is -2.20. The molecule has 1 aromatic rings. The van der Waals surface area contributed by atoms with Crippen LogP contribution in [0.5, 0.6) is 0 Å². The summed E-state index contributed by atoms with van der Waals surface area (Å²) in [5.41, 5.74) is 4.14. The van der Waals surface area contributed by atoms with Crippen molar-refractivity contribution in [2.24, 2.45) is 5.73 Å². The maximum absolute atomic E-state index is 12.9. The molecule has 0 aliphatic heterocycles. The first-order valence-corrected chi connectivity index (χ1v) is 4.63. The van der Waals surface area contributed by atoms with Crippen LogP contribution in [0.2, 0.25) is 0 Å². The lowest BCUT2D eigenvalue weighted by Crippen LogP contribution is -2.33. The maximum atomic E-state index is 12.9. The van der Waals surface area contributed by atoms with E-state index in [2.05, 4.69) is 0 Å². The Hall–Kier alpha value is -1.21. The number of halogens is 5. The van der Waals surface area contributed by atoms with Gasteiger partial charge in [0, 0.05) is 12.1 Å². The Morgan fingerprint density at radius 3 is 1.88 bits per heavy atom. The molecule has 0 fully saturated rings. The van der Waals surface area contributed by atoms with Gasteiger partial charge in [0.1, 0.15) is 0 Å². The first-order chi connectivity index (χ1) is 7.70. The van der Waals surface area contributed by atoms with Crippen molar-refractivity contribution in [3.63, 3.8) is 0 Å². The molecule has 1 rings (SSSR count). The zero-order valence-electron chi connectivity index (χ0n) is 8.51. The average Bonchev–Trinajstić information content (AvgIpc) is 2.26. The summed E-state index contributed by atoms with van der Waals surface area (Å²) < 4.78 is 61.8. The third-order valence-corrected chi connectivity index (χ3v) is 2.24. The quantitative estimate of drug-likeness (QED) is 0.814. The summed E-state index contributed by atoms with van der Waals surface area (Å²) in [5.74, 6) is -4.90. The Balaban J connectivity index is 3.03. The van der Waals surface area contributed by atoms with E-state index in [0.29, 0.717) is 12.1 Å². The van der Waals surface area contributed by atoms with E-state index in [1.165, 1.54) is 0 Å². The fraction of sp³-hybridized carbons (Fsp3) is 0.400. The minimum absolute atomic E-state index is 0.144. The van der Waals surface area contributed by atoms with Gasteiger partial charge >= 0.3 is 12.1 Å². The van der Waals surface area contributed by atoms with E-state index in [4.69, 9.17) is 5.73 Å². The normalized spacial score (nSPS) is 14.8. The Morgan fingerprint density at radius 2 is 1.53 bits per heavy atom. The molecule has 0 bridgehead atoms. The van der Waals surface area contributed by atoms with Crippen LogP contribution in [0.15, 0.2) is 24.3 Å². The highest BCUT2D eigenvalue weighted by Gasteiger charge is 2.58. The number of hydrogen-bond acceptors (Lipinski definition) is 2. The minimum Gasteiger partial charge on any atom is -0.387 e. The number of rotatable bonds is 3. The summed E-state index contributed by atoms with van der Waals surface area (Å²) in [5, 5.41) is 9.25. The van der Waals surface area contributed by atoms with Crippen molar-refractivity contribution in [1.82, 2.24) is 0 Å². The van der Waals surface area contributed by atoms with Crippen LogP contribution in [0.4, 0.5) is 22.0 Å². The van der Waals surface area contributed by atoms with Gasteiger partial charge in [0.05, 0.1) is 6.10 Å². The Kier molecular flexibility index (Phi) is 3.73. The van der Waals surface area contributed by atoms with Crippen LogP contribution in [0.3, 0.4) is 0 Å². The fourth-order valence-corrected chi connectivity index (χ4v) is 1.21. The molecular formula is C10H10F5NO. The zero-order valence-corrected chi connectivity index (χ0v) is 8.51. The second kappa shape index (κ2) is 4.58. The monoisotopic (exact) mass is 255 g/mol. The van der Waals surface area contributed by atoms with Gasteiger partial charge in [-0.1, -0.05) is 24.3 Å². The lowest BCUT2D eigenvalue weighted by molar-refractivity contribution is -0.289. The van der Waals surface area contributed by atoms with Crippen molar-refractivity contribution in [2.75, 3.05) is 6.54 Å². The van der Waals surface area contributed by atoms with E-state index in [0.717, 1.165) is 12.1 Å². The predicted molar refractivity (Wildman–Crippen MR) is 50.4 cm³/mol.